The van der Waals surface area contributed by atoms with Crippen LogP contribution in [-0.2, 0) is 6.54 Å². The van der Waals surface area contributed by atoms with Crippen LogP contribution in [0, 0.1) is 16.7 Å². The largest absolute Gasteiger partial charge is 0.471 e. The van der Waals surface area contributed by atoms with Crippen molar-refractivity contribution in [1.82, 2.24) is 19.9 Å². The van der Waals surface area contributed by atoms with Gasteiger partial charge >= 0.3 is 0 Å². The van der Waals surface area contributed by atoms with E-state index < -0.39 is 24.0 Å². The lowest BCUT2D eigenvalue weighted by Gasteiger charge is -2.43. The van der Waals surface area contributed by atoms with Gasteiger partial charge in [-0.1, -0.05) is 13.8 Å². The zero-order chi connectivity index (χ0) is 23.4. The monoisotopic (exact) mass is 447 g/mol. The second-order valence-electron chi connectivity index (χ2n) is 8.60. The zero-order valence-electron chi connectivity index (χ0n) is 18.3. The molecule has 11 heteroatoms. The number of aromatic nitrogens is 4. The predicted octanol–water partition coefficient (Wildman–Crippen LogP) is 3.14. The molecule has 3 N–H and O–H groups in total. The molecule has 3 rings (SSSR count). The van der Waals surface area contributed by atoms with Gasteiger partial charge in [0.1, 0.15) is 23.8 Å². The van der Waals surface area contributed by atoms with Crippen LogP contribution in [0.4, 0.5) is 20.5 Å². The molecule has 0 bridgehead atoms. The summed E-state index contributed by atoms with van der Waals surface area (Å²) < 4.78 is 31.4. The molecule has 9 nitrogen and oxygen atoms in total. The maximum atomic E-state index is 13.1. The Morgan fingerprint density at radius 1 is 1.31 bits per heavy atom. The predicted molar refractivity (Wildman–Crippen MR) is 113 cm³/mol. The van der Waals surface area contributed by atoms with E-state index in [-0.39, 0.29) is 30.0 Å². The highest BCUT2D eigenvalue weighted by Crippen LogP contribution is 2.37. The summed E-state index contributed by atoms with van der Waals surface area (Å²) in [7, 11) is 0. The van der Waals surface area contributed by atoms with Gasteiger partial charge < -0.3 is 20.5 Å². The van der Waals surface area contributed by atoms with Gasteiger partial charge in [0.15, 0.2) is 6.61 Å². The number of aliphatic hydroxyl groups excluding tert-OH is 1. The molecular formula is C21H27F2N7O2. The number of aliphatic hydroxyl groups is 1. The number of rotatable bonds is 8. The number of ether oxygens (including phenoxy) is 1. The minimum absolute atomic E-state index is 0.0407. The maximum Gasteiger partial charge on any atom is 0.278 e. The second-order valence-corrected chi connectivity index (χ2v) is 8.60. The van der Waals surface area contributed by atoms with Crippen LogP contribution >= 0.6 is 0 Å². The van der Waals surface area contributed by atoms with Crippen molar-refractivity contribution < 1.29 is 18.6 Å². The fraction of sp³-hybridized carbons (Fsp3) is 0.571. The molecule has 0 saturated heterocycles. The normalized spacial score (nSPS) is 20.3. The molecular weight excluding hydrogens is 420 g/mol. The van der Waals surface area contributed by atoms with E-state index in [1.54, 1.807) is 0 Å². The number of nitrogens with one attached hydrogen (secondary N) is 2. The van der Waals surface area contributed by atoms with Crippen molar-refractivity contribution in [2.45, 2.75) is 64.6 Å². The lowest BCUT2D eigenvalue weighted by molar-refractivity contribution is -0.0245. The van der Waals surface area contributed by atoms with E-state index in [1.807, 2.05) is 13.8 Å². The quantitative estimate of drug-likeness (QED) is 0.559. The average Bonchev–Trinajstić information content (AvgIpc) is 2.74. The summed E-state index contributed by atoms with van der Waals surface area (Å²) in [6.07, 6.45) is 6.07. The zero-order valence-corrected chi connectivity index (χ0v) is 18.3. The Kier molecular flexibility index (Phi) is 7.03. The van der Waals surface area contributed by atoms with Gasteiger partial charge in [0.2, 0.25) is 11.8 Å². The number of halogens is 2. The lowest BCUT2D eigenvalue weighted by atomic mass is 9.71. The first kappa shape index (κ1) is 23.5. The fourth-order valence-corrected chi connectivity index (χ4v) is 3.54. The van der Waals surface area contributed by atoms with Crippen molar-refractivity contribution in [2.24, 2.45) is 5.41 Å². The maximum absolute atomic E-state index is 13.1. The van der Waals surface area contributed by atoms with Gasteiger partial charge in [-0.15, -0.1) is 0 Å². The van der Waals surface area contributed by atoms with E-state index in [0.717, 1.165) is 26.2 Å². The van der Waals surface area contributed by atoms with Crippen molar-refractivity contribution in [3.8, 4) is 11.9 Å². The van der Waals surface area contributed by atoms with Gasteiger partial charge in [-0.25, -0.2) is 23.7 Å². The van der Waals surface area contributed by atoms with Crippen molar-refractivity contribution in [1.29, 1.82) is 5.26 Å². The summed E-state index contributed by atoms with van der Waals surface area (Å²) >= 11 is 0. The first-order valence-corrected chi connectivity index (χ1v) is 10.4. The third-order valence-electron chi connectivity index (χ3n) is 5.59. The molecule has 1 aliphatic carbocycles. The van der Waals surface area contributed by atoms with Gasteiger partial charge in [0.05, 0.1) is 17.9 Å². The highest BCUT2D eigenvalue weighted by molar-refractivity contribution is 5.54. The molecule has 172 valence electrons. The molecule has 2 heterocycles. The Balaban J connectivity index is 1.74. The molecule has 0 spiro atoms. The van der Waals surface area contributed by atoms with Gasteiger partial charge in [-0.2, -0.15) is 10.2 Å². The third kappa shape index (κ3) is 5.76. The first-order valence-electron chi connectivity index (χ1n) is 10.4. The molecule has 1 aliphatic rings. The Morgan fingerprint density at radius 3 is 2.81 bits per heavy atom. The van der Waals surface area contributed by atoms with Crippen LogP contribution in [0.25, 0.3) is 0 Å². The Bertz CT molecular complexity index is 975. The van der Waals surface area contributed by atoms with E-state index in [2.05, 4.69) is 36.6 Å². The molecule has 2 aromatic rings. The van der Waals surface area contributed by atoms with E-state index in [1.165, 1.54) is 18.7 Å². The van der Waals surface area contributed by atoms with E-state index >= 15 is 0 Å². The Morgan fingerprint density at radius 2 is 2.09 bits per heavy atom. The summed E-state index contributed by atoms with van der Waals surface area (Å²) in [6.45, 7) is 4.05. The average molecular weight is 447 g/mol. The van der Waals surface area contributed by atoms with Crippen LogP contribution in [0.1, 0.15) is 51.2 Å². The molecule has 1 saturated carbocycles. The highest BCUT2D eigenvalue weighted by Gasteiger charge is 2.39. The molecule has 0 aliphatic heterocycles. The van der Waals surface area contributed by atoms with Crippen molar-refractivity contribution in [3.05, 3.63) is 29.8 Å². The number of hydrogen-bond donors (Lipinski definition) is 3. The van der Waals surface area contributed by atoms with Crippen LogP contribution in [0.2, 0.25) is 0 Å². The van der Waals surface area contributed by atoms with Gasteiger partial charge in [-0.3, -0.25) is 0 Å². The standard InChI is InChI=1S/C21H27F2N7O2/c1-20(2)15(5-4-6-16(20)31)29-17-13(7-24)9-26-19(30-17)27-10-14-8-25-12-28-18(14)32-11-21(3,22)23/h8-9,12,15-16,31H,4-6,10-11H2,1-3H3,(H2,26,27,29,30)/t15-,16-/m0/s1. The number of nitriles is 1. The molecule has 1 fully saturated rings. The fourth-order valence-electron chi connectivity index (χ4n) is 3.54. The van der Waals surface area contributed by atoms with E-state index in [4.69, 9.17) is 4.74 Å². The first-order chi connectivity index (χ1) is 15.1. The molecule has 0 radical (unpaired) electrons. The van der Waals surface area contributed by atoms with Gasteiger partial charge in [0, 0.05) is 31.1 Å². The molecule has 0 unspecified atom stereocenters. The van der Waals surface area contributed by atoms with Crippen molar-refractivity contribution in [2.75, 3.05) is 17.2 Å². The molecule has 0 amide bonds. The van der Waals surface area contributed by atoms with Crippen LogP contribution in [0.3, 0.4) is 0 Å². The second kappa shape index (κ2) is 9.56. The summed E-state index contributed by atoms with van der Waals surface area (Å²) in [5.41, 5.74) is 0.345. The SMILES string of the molecule is CC(F)(F)COc1ncncc1CNc1ncc(C#N)c(N[C@H]2CCC[C@H](O)C2(C)C)n1. The third-order valence-corrected chi connectivity index (χ3v) is 5.59. The number of nitrogens with zero attached hydrogens (tertiary/aromatic N) is 5. The minimum atomic E-state index is -2.99. The van der Waals surface area contributed by atoms with Crippen molar-refractivity contribution in [3.63, 3.8) is 0 Å². The molecule has 0 aromatic carbocycles. The molecule has 2 aromatic heterocycles. The van der Waals surface area contributed by atoms with Crippen molar-refractivity contribution >= 4 is 11.8 Å². The lowest BCUT2D eigenvalue weighted by Crippen LogP contribution is -2.48. The number of hydrogen-bond acceptors (Lipinski definition) is 9. The molecule has 2 atom stereocenters. The van der Waals surface area contributed by atoms with Gasteiger partial charge in [-0.05, 0) is 19.3 Å². The molecule has 32 heavy (non-hydrogen) atoms. The van der Waals surface area contributed by atoms with Crippen LogP contribution in [0.5, 0.6) is 5.88 Å². The highest BCUT2D eigenvalue weighted by atomic mass is 19.3. The van der Waals surface area contributed by atoms with Crippen LogP contribution < -0.4 is 15.4 Å². The summed E-state index contributed by atoms with van der Waals surface area (Å²) in [6, 6.07) is 2.01. The Labute approximate surface area is 185 Å². The summed E-state index contributed by atoms with van der Waals surface area (Å²) in [4.78, 5) is 16.4. The minimum Gasteiger partial charge on any atom is -0.471 e. The summed E-state index contributed by atoms with van der Waals surface area (Å²) in [5, 5.41) is 26.1. The number of anilines is 2. The number of alkyl halides is 2. The van der Waals surface area contributed by atoms with Crippen LogP contribution in [0.15, 0.2) is 18.7 Å². The van der Waals surface area contributed by atoms with E-state index in [9.17, 15) is 19.1 Å². The topological polar surface area (TPSA) is 129 Å². The van der Waals surface area contributed by atoms with Crippen LogP contribution in [-0.4, -0.2) is 49.7 Å². The van der Waals surface area contributed by atoms with E-state index in [0.29, 0.717) is 11.4 Å². The summed E-state index contributed by atoms with van der Waals surface area (Å²) in [5.74, 6) is -2.36. The Hall–Kier alpha value is -3.13. The smallest absolute Gasteiger partial charge is 0.278 e. The van der Waals surface area contributed by atoms with Gasteiger partial charge in [0.25, 0.3) is 5.92 Å².